The van der Waals surface area contributed by atoms with Crippen LogP contribution in [0.25, 0.3) is 5.65 Å². The fraction of sp³-hybridized carbons (Fsp3) is 0.417. The van der Waals surface area contributed by atoms with Crippen molar-refractivity contribution in [3.8, 4) is 0 Å². The van der Waals surface area contributed by atoms with Crippen molar-refractivity contribution < 1.29 is 19.4 Å². The second kappa shape index (κ2) is 5.35. The van der Waals surface area contributed by atoms with Gasteiger partial charge in [-0.25, -0.2) is 14.3 Å². The zero-order valence-electron chi connectivity index (χ0n) is 11.3. The molecule has 0 aliphatic carbocycles. The highest BCUT2D eigenvalue weighted by molar-refractivity contribution is 6.29. The van der Waals surface area contributed by atoms with Crippen LogP contribution in [-0.4, -0.2) is 46.5 Å². The molecule has 108 valence electrons. The number of rotatable bonds is 5. The van der Waals surface area contributed by atoms with Crippen LogP contribution in [0, 0.1) is 0 Å². The van der Waals surface area contributed by atoms with Gasteiger partial charge in [-0.2, -0.15) is 5.10 Å². The summed E-state index contributed by atoms with van der Waals surface area (Å²) in [5, 5.41) is 13.6. The van der Waals surface area contributed by atoms with Gasteiger partial charge in [0.2, 0.25) is 0 Å². The summed E-state index contributed by atoms with van der Waals surface area (Å²) >= 11 is 5.87. The lowest BCUT2D eigenvalue weighted by atomic mass is 9.98. The normalized spacial score (nSPS) is 14.4. The molecule has 0 saturated heterocycles. The van der Waals surface area contributed by atoms with Crippen molar-refractivity contribution >= 4 is 23.2 Å². The van der Waals surface area contributed by atoms with Crippen molar-refractivity contribution in [1.29, 1.82) is 0 Å². The molecule has 1 unspecified atom stereocenters. The molecule has 0 aliphatic heterocycles. The van der Waals surface area contributed by atoms with Crippen LogP contribution >= 0.6 is 11.6 Å². The number of nitrogens with zero attached hydrogens (tertiary/aromatic N) is 3. The Balaban J connectivity index is 2.81. The molecule has 0 radical (unpaired) electrons. The minimum Gasteiger partial charge on any atom is -0.478 e. The summed E-state index contributed by atoms with van der Waals surface area (Å²) in [6.45, 7) is 1.87. The monoisotopic (exact) mass is 299 g/mol. The maximum atomic E-state index is 11.4. The third kappa shape index (κ3) is 2.35. The Labute approximate surface area is 120 Å². The van der Waals surface area contributed by atoms with E-state index in [0.717, 1.165) is 0 Å². The lowest BCUT2D eigenvalue weighted by molar-refractivity contribution is -0.0603. The lowest BCUT2D eigenvalue weighted by Crippen LogP contribution is -2.35. The largest absolute Gasteiger partial charge is 0.478 e. The van der Waals surface area contributed by atoms with Gasteiger partial charge in [-0.3, -0.25) is 0 Å². The Bertz CT molecular complexity index is 657. The molecule has 20 heavy (non-hydrogen) atoms. The molecule has 0 aromatic carbocycles. The second-order valence-corrected chi connectivity index (χ2v) is 4.82. The van der Waals surface area contributed by atoms with Gasteiger partial charge < -0.3 is 14.6 Å². The van der Waals surface area contributed by atoms with Gasteiger partial charge in [0.1, 0.15) is 11.2 Å². The number of carbonyl (C=O) groups is 1. The van der Waals surface area contributed by atoms with Gasteiger partial charge in [-0.05, 0) is 6.92 Å². The standard InChI is InChI=1S/C12H14ClN3O4/c1-12(20-3,6-19-2)10-7(11(17)18)5-14-9-4-8(13)15-16(9)10/h4-5H,6H2,1-3H3,(H,17,18). The summed E-state index contributed by atoms with van der Waals surface area (Å²) in [4.78, 5) is 15.5. The zero-order chi connectivity index (χ0) is 14.9. The summed E-state index contributed by atoms with van der Waals surface area (Å²) < 4.78 is 12.0. The van der Waals surface area contributed by atoms with Crippen LogP contribution in [-0.2, 0) is 15.1 Å². The first-order chi connectivity index (χ1) is 9.42. The molecule has 0 bridgehead atoms. The van der Waals surface area contributed by atoms with Crippen LogP contribution in [0.2, 0.25) is 5.15 Å². The molecule has 1 N–H and O–H groups in total. The van der Waals surface area contributed by atoms with Crippen molar-refractivity contribution in [2.45, 2.75) is 12.5 Å². The van der Waals surface area contributed by atoms with Gasteiger partial charge in [-0.1, -0.05) is 11.6 Å². The van der Waals surface area contributed by atoms with E-state index in [1.54, 1.807) is 13.0 Å². The molecular formula is C12H14ClN3O4. The fourth-order valence-corrected chi connectivity index (χ4v) is 2.24. The third-order valence-electron chi connectivity index (χ3n) is 3.06. The Morgan fingerprint density at radius 2 is 2.25 bits per heavy atom. The first-order valence-electron chi connectivity index (χ1n) is 5.75. The maximum absolute atomic E-state index is 11.4. The van der Waals surface area contributed by atoms with E-state index in [2.05, 4.69) is 10.1 Å². The van der Waals surface area contributed by atoms with Crippen LogP contribution in [0.5, 0.6) is 0 Å². The van der Waals surface area contributed by atoms with Crippen LogP contribution < -0.4 is 0 Å². The minimum atomic E-state index is -1.12. The van der Waals surface area contributed by atoms with Crippen molar-refractivity contribution in [2.75, 3.05) is 20.8 Å². The number of hydrogen-bond donors (Lipinski definition) is 1. The minimum absolute atomic E-state index is 0.0151. The summed E-state index contributed by atoms with van der Waals surface area (Å²) in [6, 6.07) is 1.54. The predicted octanol–water partition coefficient (Wildman–Crippen LogP) is 1.59. The van der Waals surface area contributed by atoms with Crippen LogP contribution in [0.1, 0.15) is 23.0 Å². The number of carboxylic acids is 1. The average molecular weight is 300 g/mol. The molecule has 0 spiro atoms. The highest BCUT2D eigenvalue weighted by Crippen LogP contribution is 2.29. The Kier molecular flexibility index (Phi) is 3.94. The topological polar surface area (TPSA) is 86.0 Å². The first kappa shape index (κ1) is 14.7. The molecular weight excluding hydrogens is 286 g/mol. The van der Waals surface area contributed by atoms with E-state index < -0.39 is 11.6 Å². The SMILES string of the molecule is COCC(C)(OC)c1c(C(=O)O)cnc2cc(Cl)nn12. The van der Waals surface area contributed by atoms with Gasteiger partial charge in [0.15, 0.2) is 10.8 Å². The van der Waals surface area contributed by atoms with Gasteiger partial charge in [0, 0.05) is 26.5 Å². The number of carboxylic acid groups (broad SMARTS) is 1. The molecule has 7 nitrogen and oxygen atoms in total. The summed E-state index contributed by atoms with van der Waals surface area (Å²) in [5.74, 6) is -1.12. The van der Waals surface area contributed by atoms with Gasteiger partial charge in [0.05, 0.1) is 12.3 Å². The van der Waals surface area contributed by atoms with E-state index in [-0.39, 0.29) is 17.3 Å². The molecule has 2 heterocycles. The van der Waals surface area contributed by atoms with Gasteiger partial charge >= 0.3 is 5.97 Å². The Hall–Kier alpha value is -1.70. The van der Waals surface area contributed by atoms with Crippen molar-refractivity contribution in [2.24, 2.45) is 0 Å². The second-order valence-electron chi connectivity index (χ2n) is 4.43. The fourth-order valence-electron chi connectivity index (χ4n) is 2.07. The van der Waals surface area contributed by atoms with E-state index >= 15 is 0 Å². The average Bonchev–Trinajstić information content (AvgIpc) is 2.77. The highest BCUT2D eigenvalue weighted by atomic mass is 35.5. The molecule has 2 rings (SSSR count). The van der Waals surface area contributed by atoms with Crippen molar-refractivity contribution in [1.82, 2.24) is 14.6 Å². The van der Waals surface area contributed by atoms with E-state index in [0.29, 0.717) is 11.3 Å². The molecule has 0 amide bonds. The third-order valence-corrected chi connectivity index (χ3v) is 3.24. The predicted molar refractivity (Wildman–Crippen MR) is 71.2 cm³/mol. The smallest absolute Gasteiger partial charge is 0.339 e. The number of aromatic nitrogens is 3. The summed E-state index contributed by atoms with van der Waals surface area (Å²) in [7, 11) is 2.98. The molecule has 0 fully saturated rings. The zero-order valence-corrected chi connectivity index (χ0v) is 12.0. The number of methoxy groups -OCH3 is 2. The first-order valence-corrected chi connectivity index (χ1v) is 6.13. The molecule has 0 aliphatic rings. The molecule has 2 aromatic heterocycles. The summed E-state index contributed by atoms with van der Waals surface area (Å²) in [5.41, 5.74) is -0.252. The van der Waals surface area contributed by atoms with Crippen LogP contribution in [0.15, 0.2) is 12.3 Å². The Morgan fingerprint density at radius 3 is 2.80 bits per heavy atom. The van der Waals surface area contributed by atoms with Crippen molar-refractivity contribution in [3.63, 3.8) is 0 Å². The summed E-state index contributed by atoms with van der Waals surface area (Å²) in [6.07, 6.45) is 1.26. The van der Waals surface area contributed by atoms with Crippen LogP contribution in [0.4, 0.5) is 0 Å². The quantitative estimate of drug-likeness (QED) is 0.902. The number of ether oxygens (including phenoxy) is 2. The molecule has 2 aromatic rings. The van der Waals surface area contributed by atoms with Gasteiger partial charge in [0.25, 0.3) is 0 Å². The van der Waals surface area contributed by atoms with Crippen molar-refractivity contribution in [3.05, 3.63) is 28.7 Å². The number of halogens is 1. The Morgan fingerprint density at radius 1 is 1.55 bits per heavy atom. The van der Waals surface area contributed by atoms with E-state index in [1.165, 1.54) is 24.9 Å². The van der Waals surface area contributed by atoms with Crippen LogP contribution in [0.3, 0.4) is 0 Å². The van der Waals surface area contributed by atoms with E-state index in [4.69, 9.17) is 21.1 Å². The number of aromatic carboxylic acids is 1. The van der Waals surface area contributed by atoms with E-state index in [9.17, 15) is 9.90 Å². The maximum Gasteiger partial charge on any atom is 0.339 e. The molecule has 0 saturated carbocycles. The molecule has 1 atom stereocenters. The number of fused-ring (bicyclic) bond motifs is 1. The van der Waals surface area contributed by atoms with Gasteiger partial charge in [-0.15, -0.1) is 0 Å². The lowest BCUT2D eigenvalue weighted by Gasteiger charge is -2.29. The number of hydrogen-bond acceptors (Lipinski definition) is 5. The highest BCUT2D eigenvalue weighted by Gasteiger charge is 2.35. The van der Waals surface area contributed by atoms with E-state index in [1.807, 2.05) is 0 Å². The molecule has 8 heteroatoms.